The maximum atomic E-state index is 12.2. The van der Waals surface area contributed by atoms with E-state index in [4.69, 9.17) is 5.73 Å². The molecule has 1 aromatic carbocycles. The highest BCUT2D eigenvalue weighted by molar-refractivity contribution is 7.87. The highest BCUT2D eigenvalue weighted by Crippen LogP contribution is 2.29. The summed E-state index contributed by atoms with van der Waals surface area (Å²) in [5, 5.41) is 2.23. The van der Waals surface area contributed by atoms with E-state index in [9.17, 15) is 13.2 Å². The van der Waals surface area contributed by atoms with E-state index < -0.39 is 21.8 Å². The van der Waals surface area contributed by atoms with E-state index in [-0.39, 0.29) is 6.54 Å². The first kappa shape index (κ1) is 15.7. The molecule has 0 aromatic heterocycles. The van der Waals surface area contributed by atoms with Crippen molar-refractivity contribution < 1.29 is 13.2 Å². The van der Waals surface area contributed by atoms with E-state index in [1.165, 1.54) is 11.4 Å². The fourth-order valence-corrected chi connectivity index (χ4v) is 3.72. The molecule has 1 atom stereocenters. The van der Waals surface area contributed by atoms with Crippen LogP contribution in [-0.4, -0.2) is 38.9 Å². The number of carbonyl (C=O) groups excluding carboxylic acids is 1. The summed E-state index contributed by atoms with van der Waals surface area (Å²) in [5.74, 6) is 0. The zero-order valence-corrected chi connectivity index (χ0v) is 12.7. The summed E-state index contributed by atoms with van der Waals surface area (Å²) < 4.78 is 27.5. The average molecular weight is 312 g/mol. The van der Waals surface area contributed by atoms with Crippen LogP contribution in [0, 0.1) is 0 Å². The molecule has 8 heteroatoms. The van der Waals surface area contributed by atoms with Crippen molar-refractivity contribution in [3.63, 3.8) is 0 Å². The number of hydrogen-bond donors (Lipinski definition) is 3. The molecule has 7 nitrogen and oxygen atoms in total. The van der Waals surface area contributed by atoms with Gasteiger partial charge in [0.05, 0.1) is 5.54 Å². The third-order valence-corrected chi connectivity index (χ3v) is 5.06. The van der Waals surface area contributed by atoms with Crippen LogP contribution in [0.15, 0.2) is 30.3 Å². The molecule has 1 unspecified atom stereocenters. The fourth-order valence-electron chi connectivity index (χ4n) is 2.49. The van der Waals surface area contributed by atoms with E-state index in [1.807, 2.05) is 35.1 Å². The van der Waals surface area contributed by atoms with Crippen molar-refractivity contribution in [3.8, 4) is 0 Å². The summed E-state index contributed by atoms with van der Waals surface area (Å²) in [7, 11) is -2.52. The third kappa shape index (κ3) is 3.52. The largest absolute Gasteiger partial charge is 0.340 e. The SMILES string of the molecule is CNC(=O)NS(=O)(=O)N1CCCC(N)(c2ccccc2)C1. The van der Waals surface area contributed by atoms with Crippen molar-refractivity contribution in [1.29, 1.82) is 0 Å². The first-order valence-corrected chi connectivity index (χ1v) is 8.15. The minimum absolute atomic E-state index is 0.142. The van der Waals surface area contributed by atoms with Gasteiger partial charge in [0.15, 0.2) is 0 Å². The van der Waals surface area contributed by atoms with Crippen LogP contribution in [0.3, 0.4) is 0 Å². The zero-order chi connectivity index (χ0) is 15.5. The lowest BCUT2D eigenvalue weighted by Gasteiger charge is -2.39. The molecule has 21 heavy (non-hydrogen) atoms. The van der Waals surface area contributed by atoms with Gasteiger partial charge in [0.1, 0.15) is 0 Å². The Balaban J connectivity index is 2.19. The number of hydrogen-bond acceptors (Lipinski definition) is 4. The molecule has 0 bridgehead atoms. The number of benzene rings is 1. The third-order valence-electron chi connectivity index (χ3n) is 3.63. The Kier molecular flexibility index (Phi) is 4.50. The van der Waals surface area contributed by atoms with Crippen LogP contribution in [0.1, 0.15) is 18.4 Å². The van der Waals surface area contributed by atoms with Gasteiger partial charge in [-0.2, -0.15) is 12.7 Å². The normalized spacial score (nSPS) is 23.5. The molecule has 1 fully saturated rings. The summed E-state index contributed by atoms with van der Waals surface area (Å²) in [5.41, 5.74) is 6.55. The van der Waals surface area contributed by atoms with Gasteiger partial charge in [-0.25, -0.2) is 9.52 Å². The first-order valence-electron chi connectivity index (χ1n) is 6.71. The van der Waals surface area contributed by atoms with Crippen molar-refractivity contribution in [3.05, 3.63) is 35.9 Å². The Morgan fingerprint density at radius 2 is 2.00 bits per heavy atom. The number of amides is 2. The molecule has 0 saturated carbocycles. The van der Waals surface area contributed by atoms with Gasteiger partial charge in [-0.1, -0.05) is 30.3 Å². The maximum Gasteiger partial charge on any atom is 0.329 e. The Labute approximate surface area is 124 Å². The number of piperidine rings is 1. The van der Waals surface area contributed by atoms with Gasteiger partial charge in [0, 0.05) is 20.1 Å². The van der Waals surface area contributed by atoms with E-state index >= 15 is 0 Å². The molecule has 1 heterocycles. The van der Waals surface area contributed by atoms with Gasteiger partial charge < -0.3 is 11.1 Å². The van der Waals surface area contributed by atoms with Crippen LogP contribution in [0.4, 0.5) is 4.79 Å². The van der Waals surface area contributed by atoms with Crippen LogP contribution < -0.4 is 15.8 Å². The van der Waals surface area contributed by atoms with Crippen molar-refractivity contribution in [2.24, 2.45) is 5.73 Å². The lowest BCUT2D eigenvalue weighted by atomic mass is 9.84. The van der Waals surface area contributed by atoms with E-state index in [2.05, 4.69) is 5.32 Å². The van der Waals surface area contributed by atoms with Gasteiger partial charge in [0.2, 0.25) is 0 Å². The van der Waals surface area contributed by atoms with Gasteiger partial charge in [-0.3, -0.25) is 0 Å². The van der Waals surface area contributed by atoms with Crippen LogP contribution in [0.5, 0.6) is 0 Å². The van der Waals surface area contributed by atoms with Crippen molar-refractivity contribution in [2.75, 3.05) is 20.1 Å². The molecular formula is C13H20N4O3S. The molecule has 2 rings (SSSR count). The predicted molar refractivity (Wildman–Crippen MR) is 79.6 cm³/mol. The van der Waals surface area contributed by atoms with Crippen LogP contribution >= 0.6 is 0 Å². The average Bonchev–Trinajstić information content (AvgIpc) is 2.48. The van der Waals surface area contributed by atoms with E-state index in [0.29, 0.717) is 19.4 Å². The van der Waals surface area contributed by atoms with Crippen molar-refractivity contribution >= 4 is 16.2 Å². The lowest BCUT2D eigenvalue weighted by Crippen LogP contribution is -2.57. The summed E-state index contributed by atoms with van der Waals surface area (Å²) in [6, 6.07) is 8.66. The number of urea groups is 1. The highest BCUT2D eigenvalue weighted by atomic mass is 32.2. The Hall–Kier alpha value is -1.64. The summed E-state index contributed by atoms with van der Waals surface area (Å²) in [6.45, 7) is 0.488. The predicted octanol–water partition coefficient (Wildman–Crippen LogP) is 0.110. The van der Waals surface area contributed by atoms with Crippen LogP contribution in [-0.2, 0) is 15.7 Å². The topological polar surface area (TPSA) is 105 Å². The maximum absolute atomic E-state index is 12.2. The van der Waals surface area contributed by atoms with Crippen LogP contribution in [0.25, 0.3) is 0 Å². The zero-order valence-electron chi connectivity index (χ0n) is 11.9. The molecule has 116 valence electrons. The van der Waals surface area contributed by atoms with Crippen molar-refractivity contribution in [1.82, 2.24) is 14.3 Å². The molecular weight excluding hydrogens is 292 g/mol. The lowest BCUT2D eigenvalue weighted by molar-refractivity contribution is 0.224. The monoisotopic (exact) mass is 312 g/mol. The quantitative estimate of drug-likeness (QED) is 0.737. The molecule has 0 radical (unpaired) electrons. The molecule has 1 aliphatic heterocycles. The fraction of sp³-hybridized carbons (Fsp3) is 0.462. The highest BCUT2D eigenvalue weighted by Gasteiger charge is 2.38. The number of nitrogens with one attached hydrogen (secondary N) is 2. The molecule has 1 aliphatic rings. The number of carbonyl (C=O) groups is 1. The summed E-state index contributed by atoms with van der Waals surface area (Å²) >= 11 is 0. The second-order valence-corrected chi connectivity index (χ2v) is 6.82. The number of rotatable bonds is 3. The van der Waals surface area contributed by atoms with E-state index in [1.54, 1.807) is 0 Å². The molecule has 1 saturated heterocycles. The molecule has 0 aliphatic carbocycles. The van der Waals surface area contributed by atoms with E-state index in [0.717, 1.165) is 5.56 Å². The Morgan fingerprint density at radius 1 is 1.33 bits per heavy atom. The second kappa shape index (κ2) is 6.00. The van der Waals surface area contributed by atoms with Gasteiger partial charge in [-0.15, -0.1) is 0 Å². The minimum Gasteiger partial charge on any atom is -0.340 e. The molecule has 0 spiro atoms. The number of nitrogens with zero attached hydrogens (tertiary/aromatic N) is 1. The Bertz CT molecular complexity index is 605. The molecule has 1 aromatic rings. The van der Waals surface area contributed by atoms with Crippen molar-refractivity contribution in [2.45, 2.75) is 18.4 Å². The Morgan fingerprint density at radius 3 is 2.62 bits per heavy atom. The van der Waals surface area contributed by atoms with Gasteiger partial charge >= 0.3 is 16.2 Å². The smallest absolute Gasteiger partial charge is 0.329 e. The summed E-state index contributed by atoms with van der Waals surface area (Å²) in [6.07, 6.45) is 1.34. The standard InChI is InChI=1S/C13H20N4O3S/c1-15-12(18)16-21(19,20)17-9-5-8-13(14,10-17)11-6-3-2-4-7-11/h2-4,6-7H,5,8-10,14H2,1H3,(H2,15,16,18). The number of nitrogens with two attached hydrogens (primary N) is 1. The first-order chi connectivity index (χ1) is 9.87. The second-order valence-electron chi connectivity index (χ2n) is 5.15. The summed E-state index contributed by atoms with van der Waals surface area (Å²) in [4.78, 5) is 11.2. The van der Waals surface area contributed by atoms with Crippen LogP contribution in [0.2, 0.25) is 0 Å². The van der Waals surface area contributed by atoms with Gasteiger partial charge in [0.25, 0.3) is 0 Å². The minimum atomic E-state index is -3.88. The van der Waals surface area contributed by atoms with Gasteiger partial charge in [-0.05, 0) is 18.4 Å². The molecule has 4 N–H and O–H groups in total. The molecule has 2 amide bonds.